The second-order valence-corrected chi connectivity index (χ2v) is 4.92. The first-order valence-electron chi connectivity index (χ1n) is 6.39. The summed E-state index contributed by atoms with van der Waals surface area (Å²) in [5.74, 6) is -1.15. The fourth-order valence-corrected chi connectivity index (χ4v) is 2.77. The third-order valence-corrected chi connectivity index (χ3v) is 3.60. The maximum Gasteiger partial charge on any atom is 0.290 e. The molecule has 4 heteroatoms. The lowest BCUT2D eigenvalue weighted by molar-refractivity contribution is -0.146. The van der Waals surface area contributed by atoms with E-state index < -0.39 is 17.7 Å². The molecule has 1 amide bonds. The Bertz CT molecular complexity index is 509. The molecular weight excluding hydrogens is 242 g/mol. The Morgan fingerprint density at radius 3 is 2.26 bits per heavy atom. The fraction of sp³-hybridized carbons (Fsp3) is 0.400. The van der Waals surface area contributed by atoms with Gasteiger partial charge in [0.2, 0.25) is 5.78 Å². The molecule has 0 N–H and O–H groups in total. The maximum absolute atomic E-state index is 11.9. The molecule has 0 aromatic heterocycles. The van der Waals surface area contributed by atoms with Crippen LogP contribution >= 0.6 is 0 Å². The first kappa shape index (κ1) is 13.5. The van der Waals surface area contributed by atoms with Gasteiger partial charge in [-0.1, -0.05) is 30.3 Å². The second kappa shape index (κ2) is 5.34. The van der Waals surface area contributed by atoms with Crippen LogP contribution in [0.4, 0.5) is 0 Å². The predicted molar refractivity (Wildman–Crippen MR) is 70.7 cm³/mol. The van der Waals surface area contributed by atoms with Crippen LogP contribution in [0.1, 0.15) is 31.7 Å². The van der Waals surface area contributed by atoms with Crippen LogP contribution in [-0.2, 0) is 14.4 Å². The Morgan fingerprint density at radius 1 is 1.11 bits per heavy atom. The highest BCUT2D eigenvalue weighted by Gasteiger charge is 2.41. The van der Waals surface area contributed by atoms with E-state index in [0.29, 0.717) is 13.0 Å². The molecule has 0 spiro atoms. The third kappa shape index (κ3) is 2.57. The Balaban J connectivity index is 2.31. The predicted octanol–water partition coefficient (Wildman–Crippen LogP) is 1.55. The number of hydrogen-bond donors (Lipinski definition) is 0. The van der Waals surface area contributed by atoms with Gasteiger partial charge in [0, 0.05) is 19.4 Å². The van der Waals surface area contributed by atoms with Crippen LogP contribution in [0.25, 0.3) is 0 Å². The molecule has 0 radical (unpaired) electrons. The van der Waals surface area contributed by atoms with Crippen molar-refractivity contribution in [2.75, 3.05) is 6.54 Å². The van der Waals surface area contributed by atoms with E-state index in [1.54, 1.807) is 0 Å². The van der Waals surface area contributed by atoms with E-state index >= 15 is 0 Å². The van der Waals surface area contributed by atoms with Gasteiger partial charge in [0.25, 0.3) is 5.91 Å². The Kier molecular flexibility index (Phi) is 3.79. The van der Waals surface area contributed by atoms with Crippen molar-refractivity contribution >= 4 is 17.5 Å². The molecule has 100 valence electrons. The molecule has 1 aliphatic heterocycles. The summed E-state index contributed by atoms with van der Waals surface area (Å²) in [5, 5.41) is 0. The average Bonchev–Trinajstić information content (AvgIpc) is 2.83. The van der Waals surface area contributed by atoms with Gasteiger partial charge < -0.3 is 4.90 Å². The SMILES string of the molecule is CC(=O)C(=O)N1CCC(c2ccccc2)C1C(C)=O. The summed E-state index contributed by atoms with van der Waals surface area (Å²) >= 11 is 0. The van der Waals surface area contributed by atoms with E-state index in [0.717, 1.165) is 5.56 Å². The molecule has 0 saturated carbocycles. The lowest BCUT2D eigenvalue weighted by Gasteiger charge is -2.25. The van der Waals surface area contributed by atoms with Crippen molar-refractivity contribution in [3.8, 4) is 0 Å². The van der Waals surface area contributed by atoms with Crippen LogP contribution in [0, 0.1) is 0 Å². The van der Waals surface area contributed by atoms with Gasteiger partial charge in [-0.15, -0.1) is 0 Å². The number of hydrogen-bond acceptors (Lipinski definition) is 3. The minimum Gasteiger partial charge on any atom is -0.325 e. The molecule has 0 bridgehead atoms. The van der Waals surface area contributed by atoms with E-state index in [1.807, 2.05) is 30.3 Å². The first-order valence-corrected chi connectivity index (χ1v) is 6.39. The molecular formula is C15H17NO3. The van der Waals surface area contributed by atoms with Crippen LogP contribution < -0.4 is 0 Å². The zero-order valence-electron chi connectivity index (χ0n) is 11.1. The number of Topliss-reactive ketones (excluding diaryl/α,β-unsaturated/α-hetero) is 2. The number of carbonyl (C=O) groups is 3. The third-order valence-electron chi connectivity index (χ3n) is 3.60. The molecule has 1 aromatic rings. The second-order valence-electron chi connectivity index (χ2n) is 4.92. The smallest absolute Gasteiger partial charge is 0.290 e. The van der Waals surface area contributed by atoms with E-state index in [1.165, 1.54) is 18.7 Å². The van der Waals surface area contributed by atoms with E-state index in [9.17, 15) is 14.4 Å². The summed E-state index contributed by atoms with van der Waals surface area (Å²) in [4.78, 5) is 36.4. The van der Waals surface area contributed by atoms with E-state index in [4.69, 9.17) is 0 Å². The van der Waals surface area contributed by atoms with Gasteiger partial charge in [-0.2, -0.15) is 0 Å². The van der Waals surface area contributed by atoms with Crippen LogP contribution in [0.15, 0.2) is 30.3 Å². The van der Waals surface area contributed by atoms with Gasteiger partial charge in [0.05, 0.1) is 6.04 Å². The van der Waals surface area contributed by atoms with Crippen molar-refractivity contribution in [1.82, 2.24) is 4.90 Å². The van der Waals surface area contributed by atoms with E-state index in [2.05, 4.69) is 0 Å². The van der Waals surface area contributed by atoms with Crippen molar-refractivity contribution in [3.05, 3.63) is 35.9 Å². The number of ketones is 2. The Morgan fingerprint density at radius 2 is 1.74 bits per heavy atom. The number of likely N-dealkylation sites (tertiary alicyclic amines) is 1. The van der Waals surface area contributed by atoms with Crippen molar-refractivity contribution in [2.24, 2.45) is 0 Å². The topological polar surface area (TPSA) is 54.5 Å². The van der Waals surface area contributed by atoms with Crippen LogP contribution in [-0.4, -0.2) is 35.0 Å². The molecule has 4 nitrogen and oxygen atoms in total. The number of benzene rings is 1. The van der Waals surface area contributed by atoms with Crippen molar-refractivity contribution in [1.29, 1.82) is 0 Å². The van der Waals surface area contributed by atoms with Gasteiger partial charge in [0.15, 0.2) is 5.78 Å². The number of amides is 1. The molecule has 1 aliphatic rings. The zero-order chi connectivity index (χ0) is 14.0. The van der Waals surface area contributed by atoms with Crippen molar-refractivity contribution in [3.63, 3.8) is 0 Å². The Labute approximate surface area is 112 Å². The number of carbonyl (C=O) groups excluding carboxylic acids is 3. The lowest BCUT2D eigenvalue weighted by atomic mass is 9.90. The van der Waals surface area contributed by atoms with Gasteiger partial charge in [-0.05, 0) is 18.9 Å². The highest BCUT2D eigenvalue weighted by Crippen LogP contribution is 2.34. The Hall–Kier alpha value is -1.97. The van der Waals surface area contributed by atoms with Gasteiger partial charge in [-0.25, -0.2) is 0 Å². The quantitative estimate of drug-likeness (QED) is 0.774. The normalized spacial score (nSPS) is 22.3. The minimum absolute atomic E-state index is 0.0120. The summed E-state index contributed by atoms with van der Waals surface area (Å²) in [5.41, 5.74) is 1.04. The molecule has 19 heavy (non-hydrogen) atoms. The van der Waals surface area contributed by atoms with Crippen LogP contribution in [0.5, 0.6) is 0 Å². The van der Waals surface area contributed by atoms with E-state index in [-0.39, 0.29) is 11.7 Å². The van der Waals surface area contributed by atoms with Crippen molar-refractivity contribution in [2.45, 2.75) is 32.2 Å². The molecule has 1 heterocycles. The summed E-state index contributed by atoms with van der Waals surface area (Å²) in [6.07, 6.45) is 0.716. The molecule has 2 unspecified atom stereocenters. The van der Waals surface area contributed by atoms with Gasteiger partial charge in [0.1, 0.15) is 0 Å². The van der Waals surface area contributed by atoms with Gasteiger partial charge in [-0.3, -0.25) is 14.4 Å². The standard InChI is InChI=1S/C15H17NO3/c1-10(17)14-13(12-6-4-3-5-7-12)8-9-16(14)15(19)11(2)18/h3-7,13-14H,8-9H2,1-2H3. The van der Waals surface area contributed by atoms with Crippen LogP contribution in [0.3, 0.4) is 0 Å². The molecule has 1 fully saturated rings. The first-order chi connectivity index (χ1) is 9.02. The van der Waals surface area contributed by atoms with Gasteiger partial charge >= 0.3 is 0 Å². The van der Waals surface area contributed by atoms with Crippen LogP contribution in [0.2, 0.25) is 0 Å². The summed E-state index contributed by atoms with van der Waals surface area (Å²) < 4.78 is 0. The van der Waals surface area contributed by atoms with Crippen molar-refractivity contribution < 1.29 is 14.4 Å². The molecule has 1 aromatic carbocycles. The highest BCUT2D eigenvalue weighted by molar-refractivity contribution is 6.35. The largest absolute Gasteiger partial charge is 0.325 e. The molecule has 0 aliphatic carbocycles. The maximum atomic E-state index is 11.9. The average molecular weight is 259 g/mol. The monoisotopic (exact) mass is 259 g/mol. The summed E-state index contributed by atoms with van der Waals surface area (Å²) in [6.45, 7) is 3.18. The lowest BCUT2D eigenvalue weighted by Crippen LogP contribution is -2.44. The number of nitrogens with zero attached hydrogens (tertiary/aromatic N) is 1. The summed E-state index contributed by atoms with van der Waals surface area (Å²) in [7, 11) is 0. The molecule has 2 atom stereocenters. The fourth-order valence-electron chi connectivity index (χ4n) is 2.77. The summed E-state index contributed by atoms with van der Waals surface area (Å²) in [6, 6.07) is 9.16. The highest BCUT2D eigenvalue weighted by atomic mass is 16.2. The molecule has 2 rings (SSSR count). The number of rotatable bonds is 3. The zero-order valence-corrected chi connectivity index (χ0v) is 11.1. The minimum atomic E-state index is -0.557. The molecule has 1 saturated heterocycles.